The number of hydrogen-bond acceptors (Lipinski definition) is 5. The summed E-state index contributed by atoms with van der Waals surface area (Å²) in [5.41, 5.74) is 3.43. The van der Waals surface area contributed by atoms with E-state index in [1.165, 1.54) is 6.33 Å². The number of fused-ring (bicyclic) bond motifs is 2. The van der Waals surface area contributed by atoms with Crippen molar-refractivity contribution in [2.75, 3.05) is 5.32 Å². The predicted molar refractivity (Wildman–Crippen MR) is 99.2 cm³/mol. The molecule has 1 N–H and O–H groups in total. The second-order valence-corrected chi connectivity index (χ2v) is 6.88. The summed E-state index contributed by atoms with van der Waals surface area (Å²) < 4.78 is 3.22. The lowest BCUT2D eigenvalue weighted by molar-refractivity contribution is -0.116. The predicted octanol–water partition coefficient (Wildman–Crippen LogP) is 2.75. The summed E-state index contributed by atoms with van der Waals surface area (Å²) in [7, 11) is 0. The Morgan fingerprint density at radius 1 is 1.22 bits per heavy atom. The Morgan fingerprint density at radius 2 is 2.11 bits per heavy atom. The highest BCUT2D eigenvalue weighted by molar-refractivity contribution is 6.30. The third kappa shape index (κ3) is 2.57. The van der Waals surface area contributed by atoms with Gasteiger partial charge in [-0.15, -0.1) is 15.3 Å². The number of amides is 1. The van der Waals surface area contributed by atoms with Gasteiger partial charge in [0.05, 0.1) is 5.69 Å². The molecule has 0 saturated carbocycles. The molecule has 27 heavy (non-hydrogen) atoms. The van der Waals surface area contributed by atoms with Crippen LogP contribution in [0.2, 0.25) is 5.02 Å². The summed E-state index contributed by atoms with van der Waals surface area (Å²) in [6, 6.07) is 11.2. The Morgan fingerprint density at radius 3 is 2.96 bits per heavy atom. The van der Waals surface area contributed by atoms with Gasteiger partial charge in [0.25, 0.3) is 0 Å². The fourth-order valence-corrected chi connectivity index (χ4v) is 3.75. The van der Waals surface area contributed by atoms with Gasteiger partial charge in [0, 0.05) is 22.9 Å². The second-order valence-electron chi connectivity index (χ2n) is 6.44. The van der Waals surface area contributed by atoms with E-state index in [0.717, 1.165) is 16.8 Å². The summed E-state index contributed by atoms with van der Waals surface area (Å²) in [5, 5.41) is 20.5. The molecule has 1 amide bonds. The Bertz CT molecular complexity index is 1200. The first-order valence-electron chi connectivity index (χ1n) is 8.42. The lowest BCUT2D eigenvalue weighted by Gasteiger charge is -2.24. The Balaban J connectivity index is 1.68. The minimum Gasteiger partial charge on any atom is -0.310 e. The van der Waals surface area contributed by atoms with Crippen LogP contribution < -0.4 is 5.32 Å². The maximum absolute atomic E-state index is 12.4. The van der Waals surface area contributed by atoms with Gasteiger partial charge >= 0.3 is 0 Å². The van der Waals surface area contributed by atoms with E-state index < -0.39 is 0 Å². The van der Waals surface area contributed by atoms with Gasteiger partial charge in [-0.3, -0.25) is 4.79 Å². The van der Waals surface area contributed by atoms with E-state index >= 15 is 0 Å². The summed E-state index contributed by atoms with van der Waals surface area (Å²) in [4.78, 5) is 12.4. The molecule has 1 aliphatic heterocycles. The number of anilines is 1. The van der Waals surface area contributed by atoms with Crippen molar-refractivity contribution in [2.24, 2.45) is 0 Å². The van der Waals surface area contributed by atoms with Crippen molar-refractivity contribution in [1.82, 2.24) is 29.6 Å². The molecule has 3 aromatic heterocycles. The summed E-state index contributed by atoms with van der Waals surface area (Å²) in [6.07, 6.45) is 1.87. The zero-order chi connectivity index (χ0) is 18.5. The molecular weight excluding hydrogens is 366 g/mol. The summed E-state index contributed by atoms with van der Waals surface area (Å²) in [5.74, 6) is 1.02. The molecule has 0 aliphatic carbocycles. The van der Waals surface area contributed by atoms with Crippen molar-refractivity contribution < 1.29 is 4.79 Å². The standard InChI is InChI=1S/C18H14ClN7O/c1-10-17-13(11-3-2-4-12(19)7-11)8-16(27)21-18(17)26(23-10)15-6-5-14-22-20-9-25(14)24-15/h2-7,9,13H,8H2,1H3,(H,21,27)/t13-/m1/s1. The molecule has 1 aromatic carbocycles. The number of carbonyl (C=O) groups excluding carboxylic acids is 1. The highest BCUT2D eigenvalue weighted by Crippen LogP contribution is 2.40. The first-order chi connectivity index (χ1) is 13.1. The first-order valence-corrected chi connectivity index (χ1v) is 8.80. The van der Waals surface area contributed by atoms with Crippen LogP contribution in [0.25, 0.3) is 11.5 Å². The van der Waals surface area contributed by atoms with Crippen LogP contribution in [0.3, 0.4) is 0 Å². The van der Waals surface area contributed by atoms with E-state index in [9.17, 15) is 4.79 Å². The number of carbonyl (C=O) groups is 1. The Hall–Kier alpha value is -3.26. The molecular formula is C18H14ClN7O. The largest absolute Gasteiger partial charge is 0.310 e. The minimum absolute atomic E-state index is 0.0704. The van der Waals surface area contributed by atoms with Crippen molar-refractivity contribution >= 4 is 29.0 Å². The van der Waals surface area contributed by atoms with Crippen molar-refractivity contribution in [2.45, 2.75) is 19.3 Å². The van der Waals surface area contributed by atoms with Gasteiger partial charge < -0.3 is 5.32 Å². The minimum atomic E-state index is -0.111. The van der Waals surface area contributed by atoms with Gasteiger partial charge in [-0.05, 0) is 36.8 Å². The first kappa shape index (κ1) is 16.0. The SMILES string of the molecule is Cc1nn(-c2ccc3nncn3n2)c2c1[C@@H](c1cccc(Cl)c1)CC(=O)N2. The topological polar surface area (TPSA) is 90.0 Å². The van der Waals surface area contributed by atoms with E-state index in [4.69, 9.17) is 11.6 Å². The zero-order valence-corrected chi connectivity index (χ0v) is 15.1. The number of halogens is 1. The lowest BCUT2D eigenvalue weighted by Crippen LogP contribution is -2.25. The van der Waals surface area contributed by atoms with Crippen molar-refractivity contribution in [3.05, 3.63) is 64.6 Å². The molecule has 0 spiro atoms. The van der Waals surface area contributed by atoms with Gasteiger partial charge in [-0.25, -0.2) is 0 Å². The molecule has 0 bridgehead atoms. The van der Waals surface area contributed by atoms with E-state index in [2.05, 4.69) is 25.7 Å². The number of rotatable bonds is 2. The third-order valence-electron chi connectivity index (χ3n) is 4.72. The average Bonchev–Trinajstić information content (AvgIpc) is 3.25. The van der Waals surface area contributed by atoms with Crippen LogP contribution in [0.15, 0.2) is 42.7 Å². The molecule has 8 nitrogen and oxygen atoms in total. The fourth-order valence-electron chi connectivity index (χ4n) is 3.55. The number of aromatic nitrogens is 6. The molecule has 0 saturated heterocycles. The van der Waals surface area contributed by atoms with Gasteiger partial charge in [0.15, 0.2) is 11.5 Å². The van der Waals surface area contributed by atoms with E-state index in [1.54, 1.807) is 21.3 Å². The average molecular weight is 380 g/mol. The van der Waals surface area contributed by atoms with Crippen LogP contribution in [-0.2, 0) is 4.79 Å². The number of nitrogens with zero attached hydrogens (tertiary/aromatic N) is 6. The van der Waals surface area contributed by atoms with E-state index in [1.807, 2.05) is 31.2 Å². The molecule has 134 valence electrons. The molecule has 1 atom stereocenters. The van der Waals surface area contributed by atoms with Gasteiger partial charge in [0.2, 0.25) is 5.91 Å². The number of aryl methyl sites for hydroxylation is 1. The van der Waals surface area contributed by atoms with Crippen molar-refractivity contribution in [3.8, 4) is 5.82 Å². The highest BCUT2D eigenvalue weighted by atomic mass is 35.5. The quantitative estimate of drug-likeness (QED) is 0.578. The maximum atomic E-state index is 12.4. The Kier molecular flexibility index (Phi) is 3.48. The van der Waals surface area contributed by atoms with Crippen molar-refractivity contribution in [3.63, 3.8) is 0 Å². The lowest BCUT2D eigenvalue weighted by atomic mass is 9.86. The molecule has 4 aromatic rings. The summed E-state index contributed by atoms with van der Waals surface area (Å²) >= 11 is 6.17. The van der Waals surface area contributed by atoms with Crippen LogP contribution in [0, 0.1) is 6.92 Å². The molecule has 0 unspecified atom stereocenters. The smallest absolute Gasteiger partial charge is 0.226 e. The molecule has 4 heterocycles. The van der Waals surface area contributed by atoms with Crippen LogP contribution in [-0.4, -0.2) is 35.5 Å². The Labute approximate surface area is 158 Å². The van der Waals surface area contributed by atoms with Crippen molar-refractivity contribution in [1.29, 1.82) is 0 Å². The van der Waals surface area contributed by atoms with E-state index in [0.29, 0.717) is 28.7 Å². The normalized spacial score (nSPS) is 16.4. The van der Waals surface area contributed by atoms with Crippen LogP contribution in [0.5, 0.6) is 0 Å². The number of nitrogens with one attached hydrogen (secondary N) is 1. The second kappa shape index (κ2) is 5.88. The van der Waals surface area contributed by atoms with E-state index in [-0.39, 0.29) is 11.8 Å². The molecule has 9 heteroatoms. The summed E-state index contributed by atoms with van der Waals surface area (Å²) in [6.45, 7) is 1.93. The molecule has 0 radical (unpaired) electrons. The molecule has 5 rings (SSSR count). The van der Waals surface area contributed by atoms with Crippen LogP contribution >= 0.6 is 11.6 Å². The van der Waals surface area contributed by atoms with Gasteiger partial charge in [0.1, 0.15) is 12.1 Å². The zero-order valence-electron chi connectivity index (χ0n) is 14.3. The monoisotopic (exact) mass is 379 g/mol. The highest BCUT2D eigenvalue weighted by Gasteiger charge is 2.33. The van der Waals surface area contributed by atoms with Gasteiger partial charge in [-0.2, -0.15) is 14.3 Å². The fraction of sp³-hybridized carbons (Fsp3) is 0.167. The third-order valence-corrected chi connectivity index (χ3v) is 4.95. The number of benzene rings is 1. The maximum Gasteiger partial charge on any atom is 0.226 e. The van der Waals surface area contributed by atoms with Crippen LogP contribution in [0.4, 0.5) is 5.82 Å². The van der Waals surface area contributed by atoms with Crippen LogP contribution in [0.1, 0.15) is 29.2 Å². The molecule has 1 aliphatic rings. The molecule has 0 fully saturated rings. The number of hydrogen-bond donors (Lipinski definition) is 1. The van der Waals surface area contributed by atoms with Gasteiger partial charge in [-0.1, -0.05) is 23.7 Å².